The molecular weight excluding hydrogens is 476 g/mol. The fourth-order valence-corrected chi connectivity index (χ4v) is 4.57. The van der Waals surface area contributed by atoms with Crippen LogP contribution in [0.2, 0.25) is 0 Å². The first-order chi connectivity index (χ1) is 17.9. The van der Waals surface area contributed by atoms with E-state index in [4.69, 9.17) is 14.6 Å². The molecule has 4 atom stereocenters. The van der Waals surface area contributed by atoms with Crippen molar-refractivity contribution in [1.82, 2.24) is 20.9 Å². The number of hydrogen-bond acceptors (Lipinski definition) is 6. The van der Waals surface area contributed by atoms with Crippen molar-refractivity contribution in [3.05, 3.63) is 71.8 Å². The van der Waals surface area contributed by atoms with E-state index in [9.17, 15) is 14.4 Å². The zero-order valence-corrected chi connectivity index (χ0v) is 21.0. The fraction of sp³-hybridized carbons (Fsp3) is 0.407. The molecule has 0 aromatic heterocycles. The molecule has 4 rings (SSSR count). The number of ether oxygens (including phenoxy) is 1. The van der Waals surface area contributed by atoms with E-state index in [1.165, 1.54) is 4.90 Å². The van der Waals surface area contributed by atoms with Gasteiger partial charge in [-0.2, -0.15) is 0 Å². The number of amides is 3. The van der Waals surface area contributed by atoms with Crippen molar-refractivity contribution in [2.24, 2.45) is 0 Å². The standard InChI is InChI=1S/C26H32N4O4.CH2O2/c1-17(27-2)24(31)28-20-15-16-34-22-14-13-21(30(22)26(20)33)25(32)29-23(18-9-5-3-6-10-18)19-11-7-4-8-12-19;2-1-3/h3-12,17,20-23,27H,13-16H2,1-2H3,(H,28,31)(H,29,32);1H,(H,2,3)/t17-,20-,21?,22-;/m0./s1. The third kappa shape index (κ3) is 6.93. The van der Waals surface area contributed by atoms with Crippen LogP contribution in [0, 0.1) is 0 Å². The van der Waals surface area contributed by atoms with Gasteiger partial charge in [-0.1, -0.05) is 60.7 Å². The van der Waals surface area contributed by atoms with Crippen molar-refractivity contribution in [2.75, 3.05) is 13.7 Å². The van der Waals surface area contributed by atoms with Gasteiger partial charge in [0, 0.05) is 6.42 Å². The van der Waals surface area contributed by atoms with Crippen LogP contribution in [-0.4, -0.2) is 72.2 Å². The Bertz CT molecular complexity index is 1010. The number of hydrogen-bond donors (Lipinski definition) is 4. The summed E-state index contributed by atoms with van der Waals surface area (Å²) < 4.78 is 5.91. The number of carbonyl (C=O) groups excluding carboxylic acids is 3. The van der Waals surface area contributed by atoms with Crippen molar-refractivity contribution in [2.45, 2.75) is 56.6 Å². The quantitative estimate of drug-likeness (QED) is 0.414. The largest absolute Gasteiger partial charge is 0.483 e. The minimum Gasteiger partial charge on any atom is -0.483 e. The molecule has 37 heavy (non-hydrogen) atoms. The van der Waals surface area contributed by atoms with E-state index in [-0.39, 0.29) is 30.2 Å². The van der Waals surface area contributed by atoms with E-state index < -0.39 is 24.4 Å². The normalized spacial score (nSPS) is 21.6. The molecule has 4 N–H and O–H groups in total. The van der Waals surface area contributed by atoms with Gasteiger partial charge >= 0.3 is 0 Å². The van der Waals surface area contributed by atoms with Crippen LogP contribution in [0.3, 0.4) is 0 Å². The van der Waals surface area contributed by atoms with E-state index >= 15 is 0 Å². The second-order valence-corrected chi connectivity index (χ2v) is 8.89. The molecule has 0 spiro atoms. The summed E-state index contributed by atoms with van der Waals surface area (Å²) >= 11 is 0. The molecule has 0 aliphatic carbocycles. The minimum absolute atomic E-state index is 0.229. The van der Waals surface area contributed by atoms with Crippen LogP contribution in [0.4, 0.5) is 0 Å². The van der Waals surface area contributed by atoms with E-state index in [2.05, 4.69) is 16.0 Å². The van der Waals surface area contributed by atoms with Gasteiger partial charge in [0.25, 0.3) is 6.47 Å². The van der Waals surface area contributed by atoms with Crippen LogP contribution < -0.4 is 16.0 Å². The Morgan fingerprint density at radius 2 is 1.59 bits per heavy atom. The third-order valence-electron chi connectivity index (χ3n) is 6.60. The van der Waals surface area contributed by atoms with Crippen LogP contribution in [0.15, 0.2) is 60.7 Å². The Morgan fingerprint density at radius 1 is 1.03 bits per heavy atom. The smallest absolute Gasteiger partial charge is 0.290 e. The Kier molecular flexibility index (Phi) is 10.2. The molecule has 2 aromatic rings. The highest BCUT2D eigenvalue weighted by molar-refractivity contribution is 5.94. The zero-order valence-electron chi connectivity index (χ0n) is 21.0. The topological polar surface area (TPSA) is 137 Å². The highest BCUT2D eigenvalue weighted by Crippen LogP contribution is 2.30. The summed E-state index contributed by atoms with van der Waals surface area (Å²) in [6, 6.07) is 17.4. The lowest BCUT2D eigenvalue weighted by Crippen LogP contribution is -2.56. The predicted molar refractivity (Wildman–Crippen MR) is 136 cm³/mol. The summed E-state index contributed by atoms with van der Waals surface area (Å²) in [6.07, 6.45) is 1.00. The van der Waals surface area contributed by atoms with Crippen molar-refractivity contribution >= 4 is 24.2 Å². The highest BCUT2D eigenvalue weighted by Gasteiger charge is 2.46. The van der Waals surface area contributed by atoms with E-state index in [1.54, 1.807) is 14.0 Å². The first-order valence-corrected chi connectivity index (χ1v) is 12.3. The number of fused-ring (bicyclic) bond motifs is 1. The van der Waals surface area contributed by atoms with Gasteiger partial charge < -0.3 is 30.7 Å². The molecular formula is C27H34N4O6. The molecule has 2 aliphatic heterocycles. The van der Waals surface area contributed by atoms with Gasteiger partial charge in [0.2, 0.25) is 17.7 Å². The van der Waals surface area contributed by atoms with Crippen molar-refractivity contribution in [3.63, 3.8) is 0 Å². The van der Waals surface area contributed by atoms with Gasteiger partial charge in [0.1, 0.15) is 18.3 Å². The molecule has 10 nitrogen and oxygen atoms in total. The number of carboxylic acid groups (broad SMARTS) is 1. The van der Waals surface area contributed by atoms with Gasteiger partial charge in [-0.25, -0.2) is 0 Å². The van der Waals surface area contributed by atoms with Crippen molar-refractivity contribution in [3.8, 4) is 0 Å². The molecule has 0 radical (unpaired) electrons. The van der Waals surface area contributed by atoms with Gasteiger partial charge in [-0.3, -0.25) is 19.2 Å². The number of nitrogens with zero attached hydrogens (tertiary/aromatic N) is 1. The summed E-state index contributed by atoms with van der Waals surface area (Å²) in [5.74, 6) is -0.756. The van der Waals surface area contributed by atoms with Crippen LogP contribution in [0.25, 0.3) is 0 Å². The summed E-state index contributed by atoms with van der Waals surface area (Å²) in [5.41, 5.74) is 1.92. The number of rotatable bonds is 7. The van der Waals surface area contributed by atoms with Crippen LogP contribution >= 0.6 is 0 Å². The molecule has 2 aromatic carbocycles. The summed E-state index contributed by atoms with van der Waals surface area (Å²) in [6.45, 7) is 1.83. The van der Waals surface area contributed by atoms with E-state index in [0.29, 0.717) is 25.9 Å². The van der Waals surface area contributed by atoms with Crippen LogP contribution in [-0.2, 0) is 23.9 Å². The second kappa shape index (κ2) is 13.5. The molecule has 1 unspecified atom stereocenters. The molecule has 2 aliphatic rings. The maximum Gasteiger partial charge on any atom is 0.290 e. The van der Waals surface area contributed by atoms with Gasteiger partial charge in [-0.05, 0) is 37.9 Å². The number of likely N-dealkylation sites (N-methyl/N-ethyl adjacent to an activating group) is 1. The average Bonchev–Trinajstić information content (AvgIpc) is 3.29. The van der Waals surface area contributed by atoms with Gasteiger partial charge in [0.05, 0.1) is 18.7 Å². The SMILES string of the molecule is CN[C@@H](C)C(=O)N[C@H]1CCO[C@H]2CCC(C(=O)NC(c3ccccc3)c3ccccc3)N2C1=O.O=CO. The number of carbonyl (C=O) groups is 4. The first kappa shape index (κ1) is 27.8. The maximum atomic E-state index is 13.5. The Labute approximate surface area is 216 Å². The van der Waals surface area contributed by atoms with Gasteiger partial charge in [-0.15, -0.1) is 0 Å². The molecule has 198 valence electrons. The maximum absolute atomic E-state index is 13.5. The monoisotopic (exact) mass is 510 g/mol. The molecule has 2 saturated heterocycles. The molecule has 0 bridgehead atoms. The molecule has 10 heteroatoms. The molecule has 2 heterocycles. The van der Waals surface area contributed by atoms with E-state index in [0.717, 1.165) is 11.1 Å². The Hall–Kier alpha value is -3.76. The summed E-state index contributed by atoms with van der Waals surface area (Å²) in [5, 5.41) is 15.7. The highest BCUT2D eigenvalue weighted by atomic mass is 16.5. The van der Waals surface area contributed by atoms with Crippen molar-refractivity contribution < 1.29 is 29.0 Å². The van der Waals surface area contributed by atoms with Crippen LogP contribution in [0.1, 0.15) is 43.4 Å². The first-order valence-electron chi connectivity index (χ1n) is 12.3. The van der Waals surface area contributed by atoms with Crippen LogP contribution in [0.5, 0.6) is 0 Å². The average molecular weight is 511 g/mol. The molecule has 2 fully saturated rings. The molecule has 3 amide bonds. The number of nitrogens with one attached hydrogen (secondary N) is 3. The lowest BCUT2D eigenvalue weighted by atomic mass is 9.98. The third-order valence-corrected chi connectivity index (χ3v) is 6.60. The van der Waals surface area contributed by atoms with Gasteiger partial charge in [0.15, 0.2) is 0 Å². The Morgan fingerprint density at radius 3 is 2.14 bits per heavy atom. The summed E-state index contributed by atoms with van der Waals surface area (Å²) in [7, 11) is 1.69. The fourth-order valence-electron chi connectivity index (χ4n) is 4.57. The molecule has 0 saturated carbocycles. The van der Waals surface area contributed by atoms with E-state index in [1.807, 2.05) is 60.7 Å². The summed E-state index contributed by atoms with van der Waals surface area (Å²) in [4.78, 5) is 49.3. The minimum atomic E-state index is -0.722. The number of benzene rings is 2. The lowest BCUT2D eigenvalue weighted by Gasteiger charge is -2.31. The van der Waals surface area contributed by atoms with Crippen molar-refractivity contribution in [1.29, 1.82) is 0 Å². The lowest BCUT2D eigenvalue weighted by molar-refractivity contribution is -0.149. The predicted octanol–water partition coefficient (Wildman–Crippen LogP) is 1.42. The zero-order chi connectivity index (χ0) is 26.8. The Balaban J connectivity index is 0.00000121. The second-order valence-electron chi connectivity index (χ2n) is 8.89.